The van der Waals surface area contributed by atoms with Crippen LogP contribution in [0.2, 0.25) is 0 Å². The van der Waals surface area contributed by atoms with E-state index >= 15 is 0 Å². The molecule has 35 heavy (non-hydrogen) atoms. The summed E-state index contributed by atoms with van der Waals surface area (Å²) >= 11 is 0. The third kappa shape index (κ3) is 6.52. The van der Waals surface area contributed by atoms with Crippen LogP contribution in [0.5, 0.6) is 0 Å². The van der Waals surface area contributed by atoms with Gasteiger partial charge in [-0.1, -0.05) is 18.2 Å². The van der Waals surface area contributed by atoms with E-state index in [1.807, 2.05) is 23.1 Å². The molecule has 6 nitrogen and oxygen atoms in total. The Kier molecular flexibility index (Phi) is 7.93. The molecule has 0 radical (unpaired) electrons. The molecule has 1 aliphatic carbocycles. The number of benzene rings is 2. The molecule has 1 amide bonds. The Morgan fingerprint density at radius 2 is 1.66 bits per heavy atom. The van der Waals surface area contributed by atoms with Gasteiger partial charge in [0.2, 0.25) is 5.91 Å². The van der Waals surface area contributed by atoms with Crippen LogP contribution in [0.3, 0.4) is 0 Å². The van der Waals surface area contributed by atoms with Gasteiger partial charge in [-0.05, 0) is 73.5 Å². The summed E-state index contributed by atoms with van der Waals surface area (Å²) in [6.07, 6.45) is 0.317. The van der Waals surface area contributed by atoms with E-state index in [1.165, 1.54) is 11.8 Å². The van der Waals surface area contributed by atoms with Crippen LogP contribution in [-0.4, -0.2) is 43.0 Å². The van der Waals surface area contributed by atoms with E-state index in [1.54, 1.807) is 0 Å². The quantitative estimate of drug-likeness (QED) is 0.471. The number of amides is 1. The predicted octanol–water partition coefficient (Wildman–Crippen LogP) is 6.20. The summed E-state index contributed by atoms with van der Waals surface area (Å²) in [5.74, 6) is 0.663. The molecule has 1 aliphatic heterocycles. The van der Waals surface area contributed by atoms with Crippen molar-refractivity contribution in [3.63, 3.8) is 0 Å². The fourth-order valence-corrected chi connectivity index (χ4v) is 5.10. The van der Waals surface area contributed by atoms with Gasteiger partial charge in [0.15, 0.2) is 0 Å². The van der Waals surface area contributed by atoms with Crippen molar-refractivity contribution in [3.8, 4) is 0 Å². The van der Waals surface area contributed by atoms with Crippen LogP contribution in [0.1, 0.15) is 44.1 Å². The number of anilines is 2. The van der Waals surface area contributed by atoms with Crippen molar-refractivity contribution in [2.24, 2.45) is 11.1 Å². The van der Waals surface area contributed by atoms with E-state index in [0.717, 1.165) is 70.4 Å². The van der Waals surface area contributed by atoms with Gasteiger partial charge < -0.3 is 15.1 Å². The van der Waals surface area contributed by atoms with Crippen molar-refractivity contribution < 1.29 is 18.0 Å². The number of nitrogens with one attached hydrogen (secondary N) is 1. The van der Waals surface area contributed by atoms with Crippen molar-refractivity contribution in [1.29, 1.82) is 0 Å². The maximum absolute atomic E-state index is 13.2. The molecular weight excluding hydrogens is 457 g/mol. The maximum atomic E-state index is 13.2. The highest BCUT2D eigenvalue weighted by Crippen LogP contribution is 2.38. The van der Waals surface area contributed by atoms with Gasteiger partial charge in [0, 0.05) is 50.0 Å². The minimum Gasteiger partial charge on any atom is -0.382 e. The average molecular weight is 489 g/mol. The van der Waals surface area contributed by atoms with Gasteiger partial charge in [0.05, 0.1) is 5.56 Å². The van der Waals surface area contributed by atoms with Crippen LogP contribution in [0.15, 0.2) is 53.7 Å². The van der Waals surface area contributed by atoms with Gasteiger partial charge in [-0.25, -0.2) is 0 Å². The van der Waals surface area contributed by atoms with Crippen LogP contribution in [-0.2, 0) is 11.0 Å². The highest BCUT2D eigenvalue weighted by Gasteiger charge is 2.34. The first-order chi connectivity index (χ1) is 16.8. The molecule has 188 valence electrons. The Morgan fingerprint density at radius 3 is 2.29 bits per heavy atom. The molecule has 1 heterocycles. The number of nitroso groups, excluding NO2 is 1. The zero-order chi connectivity index (χ0) is 24.8. The van der Waals surface area contributed by atoms with Crippen molar-refractivity contribution in [3.05, 3.63) is 59.0 Å². The van der Waals surface area contributed by atoms with E-state index in [0.29, 0.717) is 18.0 Å². The highest BCUT2D eigenvalue weighted by atomic mass is 19.4. The van der Waals surface area contributed by atoms with Crippen LogP contribution >= 0.6 is 0 Å². The molecule has 0 atom stereocenters. The molecule has 2 aliphatic rings. The first-order valence-electron chi connectivity index (χ1n) is 12.2. The molecule has 2 aromatic rings. The van der Waals surface area contributed by atoms with E-state index in [-0.39, 0.29) is 11.9 Å². The zero-order valence-corrected chi connectivity index (χ0v) is 19.6. The number of para-hydroxylation sites is 1. The lowest BCUT2D eigenvalue weighted by Crippen LogP contribution is -2.48. The summed E-state index contributed by atoms with van der Waals surface area (Å²) < 4.78 is 39.5. The second kappa shape index (κ2) is 11.1. The zero-order valence-electron chi connectivity index (χ0n) is 19.6. The van der Waals surface area contributed by atoms with Crippen molar-refractivity contribution in [1.82, 2.24) is 4.90 Å². The number of nitrogens with zero attached hydrogens (tertiary/aromatic N) is 3. The highest BCUT2D eigenvalue weighted by molar-refractivity contribution is 5.76. The van der Waals surface area contributed by atoms with Gasteiger partial charge in [0.1, 0.15) is 5.69 Å². The summed E-state index contributed by atoms with van der Waals surface area (Å²) in [7, 11) is 0. The van der Waals surface area contributed by atoms with Crippen LogP contribution in [0.25, 0.3) is 0 Å². The Labute approximate surface area is 203 Å². The second-order valence-electron chi connectivity index (χ2n) is 9.43. The lowest BCUT2D eigenvalue weighted by molar-refractivity contribution is -0.137. The lowest BCUT2D eigenvalue weighted by Gasteiger charge is -2.36. The third-order valence-corrected chi connectivity index (χ3v) is 7.14. The van der Waals surface area contributed by atoms with Crippen LogP contribution in [0.4, 0.5) is 30.2 Å². The van der Waals surface area contributed by atoms with E-state index in [9.17, 15) is 22.9 Å². The van der Waals surface area contributed by atoms with Crippen molar-refractivity contribution in [2.75, 3.05) is 36.4 Å². The van der Waals surface area contributed by atoms with Gasteiger partial charge in [-0.3, -0.25) is 4.79 Å². The predicted molar refractivity (Wildman–Crippen MR) is 131 cm³/mol. The van der Waals surface area contributed by atoms with E-state index < -0.39 is 17.4 Å². The van der Waals surface area contributed by atoms with Gasteiger partial charge in [0.25, 0.3) is 0 Å². The summed E-state index contributed by atoms with van der Waals surface area (Å²) in [5, 5.41) is 5.67. The standard InChI is InChI=1S/C26H31F3N4O2/c27-26(28,29)23-18-21(11-12-24(23)31-35)30-20-9-6-19(7-10-20)8-13-25(34)33-16-14-32(15-17-33)22-4-2-1-3-5-22/h1-5,11-12,18-20,30H,6-10,13-17H2. The number of carbonyl (C=O) groups is 1. The van der Waals surface area contributed by atoms with Crippen LogP contribution < -0.4 is 10.2 Å². The monoisotopic (exact) mass is 488 g/mol. The average Bonchev–Trinajstić information content (AvgIpc) is 2.88. The van der Waals surface area contributed by atoms with Gasteiger partial charge in [-0.15, -0.1) is 4.91 Å². The summed E-state index contributed by atoms with van der Waals surface area (Å²) in [5.41, 5.74) is -0.0823. The van der Waals surface area contributed by atoms with Crippen molar-refractivity contribution in [2.45, 2.75) is 50.7 Å². The normalized spacial score (nSPS) is 21.0. The molecule has 4 rings (SSSR count). The first-order valence-corrected chi connectivity index (χ1v) is 12.2. The molecule has 1 saturated heterocycles. The Balaban J connectivity index is 1.19. The number of carbonyl (C=O) groups excluding carboxylic acids is 1. The second-order valence-corrected chi connectivity index (χ2v) is 9.43. The van der Waals surface area contributed by atoms with Gasteiger partial charge in [-0.2, -0.15) is 13.2 Å². The minimum atomic E-state index is -4.63. The molecule has 0 unspecified atom stereocenters. The Morgan fingerprint density at radius 1 is 0.971 bits per heavy atom. The van der Waals surface area contributed by atoms with Crippen molar-refractivity contribution >= 4 is 23.0 Å². The molecule has 0 aromatic heterocycles. The Hall–Kier alpha value is -3.10. The number of halogens is 3. The SMILES string of the molecule is O=Nc1ccc(NC2CCC(CCC(=O)N3CCN(c4ccccc4)CC3)CC2)cc1C(F)(F)F. The fraction of sp³-hybridized carbons (Fsp3) is 0.500. The first kappa shape index (κ1) is 25.0. The third-order valence-electron chi connectivity index (χ3n) is 7.14. The molecule has 9 heteroatoms. The minimum absolute atomic E-state index is 0.0733. The number of rotatable bonds is 7. The van der Waals surface area contributed by atoms with E-state index in [4.69, 9.17) is 0 Å². The number of alkyl halides is 3. The number of piperazine rings is 1. The number of hydrogen-bond acceptors (Lipinski definition) is 5. The lowest BCUT2D eigenvalue weighted by atomic mass is 9.83. The molecule has 2 fully saturated rings. The molecule has 1 saturated carbocycles. The largest absolute Gasteiger partial charge is 0.418 e. The molecule has 2 aromatic carbocycles. The molecule has 0 bridgehead atoms. The maximum Gasteiger partial charge on any atom is 0.418 e. The fourth-order valence-electron chi connectivity index (χ4n) is 5.10. The van der Waals surface area contributed by atoms with E-state index in [2.05, 4.69) is 27.5 Å². The molecule has 1 N–H and O–H groups in total. The van der Waals surface area contributed by atoms with Crippen LogP contribution in [0, 0.1) is 10.8 Å². The summed E-state index contributed by atoms with van der Waals surface area (Å²) in [6, 6.07) is 13.8. The number of hydrogen-bond donors (Lipinski definition) is 1. The molecule has 0 spiro atoms. The molecular formula is C26H31F3N4O2. The Bertz CT molecular complexity index is 999. The topological polar surface area (TPSA) is 65.0 Å². The van der Waals surface area contributed by atoms with Gasteiger partial charge >= 0.3 is 6.18 Å². The summed E-state index contributed by atoms with van der Waals surface area (Å²) in [4.78, 5) is 27.7. The summed E-state index contributed by atoms with van der Waals surface area (Å²) in [6.45, 7) is 3.16. The smallest absolute Gasteiger partial charge is 0.382 e.